The van der Waals surface area contributed by atoms with Crippen molar-refractivity contribution < 1.29 is 13.9 Å². The second kappa shape index (κ2) is 4.81. The minimum atomic E-state index is -0.649. The summed E-state index contributed by atoms with van der Waals surface area (Å²) in [6, 6.07) is 3.36. The Hall–Kier alpha value is -1.62. The lowest BCUT2D eigenvalue weighted by molar-refractivity contribution is -0.122. The Bertz CT molecular complexity index is 512. The average molecular weight is 264 g/mol. The van der Waals surface area contributed by atoms with E-state index in [1.54, 1.807) is 6.92 Å². The first-order valence-corrected chi connectivity index (χ1v) is 6.67. The fourth-order valence-electron chi connectivity index (χ4n) is 2.66. The van der Waals surface area contributed by atoms with Crippen molar-refractivity contribution >= 4 is 11.6 Å². The highest BCUT2D eigenvalue weighted by Gasteiger charge is 2.28. The summed E-state index contributed by atoms with van der Waals surface area (Å²) in [4.78, 5) is 11.6. The van der Waals surface area contributed by atoms with Crippen molar-refractivity contribution in [3.8, 4) is 5.75 Å². The van der Waals surface area contributed by atoms with E-state index in [1.807, 2.05) is 6.07 Å². The summed E-state index contributed by atoms with van der Waals surface area (Å²) in [5.74, 6) is -0.180. The number of piperidine rings is 1. The van der Waals surface area contributed by atoms with Crippen LogP contribution < -0.4 is 15.4 Å². The summed E-state index contributed by atoms with van der Waals surface area (Å²) < 4.78 is 19.4. The molecule has 2 N–H and O–H groups in total. The average Bonchev–Trinajstić information content (AvgIpc) is 2.42. The van der Waals surface area contributed by atoms with Crippen molar-refractivity contribution in [2.45, 2.75) is 31.8 Å². The van der Waals surface area contributed by atoms with Gasteiger partial charge in [0.05, 0.1) is 5.69 Å². The van der Waals surface area contributed by atoms with Gasteiger partial charge in [0.1, 0.15) is 0 Å². The number of carbonyl (C=O) groups excluding carboxylic acids is 1. The second-order valence-corrected chi connectivity index (χ2v) is 5.17. The van der Waals surface area contributed by atoms with Crippen LogP contribution in [0.15, 0.2) is 12.1 Å². The number of nitrogens with one attached hydrogen (secondary N) is 2. The Morgan fingerprint density at radius 2 is 2.26 bits per heavy atom. The van der Waals surface area contributed by atoms with Gasteiger partial charge in [-0.25, -0.2) is 4.39 Å². The standard InChI is InChI=1S/C14H17FN2O2/c1-8-14(18)17-12-6-10(5-11(15)13(12)19-8)9-3-2-4-16-7-9/h5-6,8-9,16H,2-4,7H2,1H3,(H,17,18)/t8-,9?/m1/s1. The SMILES string of the molecule is C[C@H]1Oc2c(F)cc(C3CCCNC3)cc2NC1=O. The Morgan fingerprint density at radius 3 is 3.00 bits per heavy atom. The van der Waals surface area contributed by atoms with E-state index >= 15 is 0 Å². The summed E-state index contributed by atoms with van der Waals surface area (Å²) in [7, 11) is 0. The van der Waals surface area contributed by atoms with Crippen LogP contribution in [0, 0.1) is 5.82 Å². The van der Waals surface area contributed by atoms with Crippen LogP contribution in [0.4, 0.5) is 10.1 Å². The Morgan fingerprint density at radius 1 is 1.42 bits per heavy atom. The van der Waals surface area contributed by atoms with E-state index in [-0.39, 0.29) is 11.7 Å². The highest BCUT2D eigenvalue weighted by atomic mass is 19.1. The summed E-state index contributed by atoms with van der Waals surface area (Å²) in [6.07, 6.45) is 1.48. The molecule has 2 aliphatic rings. The number of anilines is 1. The normalized spacial score (nSPS) is 26.3. The number of carbonyl (C=O) groups is 1. The van der Waals surface area contributed by atoms with Gasteiger partial charge in [-0.2, -0.15) is 0 Å². The number of amides is 1. The van der Waals surface area contributed by atoms with Crippen molar-refractivity contribution in [2.75, 3.05) is 18.4 Å². The third-order valence-electron chi connectivity index (χ3n) is 3.76. The van der Waals surface area contributed by atoms with Crippen molar-refractivity contribution in [1.82, 2.24) is 5.32 Å². The van der Waals surface area contributed by atoms with Crippen LogP contribution in [0.3, 0.4) is 0 Å². The molecule has 102 valence electrons. The van der Waals surface area contributed by atoms with Crippen molar-refractivity contribution in [3.63, 3.8) is 0 Å². The number of hydrogen-bond acceptors (Lipinski definition) is 3. The second-order valence-electron chi connectivity index (χ2n) is 5.17. The van der Waals surface area contributed by atoms with Gasteiger partial charge >= 0.3 is 0 Å². The number of benzene rings is 1. The molecule has 1 unspecified atom stereocenters. The molecule has 0 bridgehead atoms. The highest BCUT2D eigenvalue weighted by molar-refractivity contribution is 5.97. The third-order valence-corrected chi connectivity index (χ3v) is 3.76. The zero-order valence-electron chi connectivity index (χ0n) is 10.8. The van der Waals surface area contributed by atoms with Crippen LogP contribution in [0.1, 0.15) is 31.2 Å². The molecule has 1 amide bonds. The molecule has 0 aliphatic carbocycles. The molecule has 0 radical (unpaired) electrons. The minimum absolute atomic E-state index is 0.152. The molecule has 3 rings (SSSR count). The number of fused-ring (bicyclic) bond motifs is 1. The van der Waals surface area contributed by atoms with E-state index in [9.17, 15) is 9.18 Å². The maximum atomic E-state index is 14.1. The molecule has 4 nitrogen and oxygen atoms in total. The van der Waals surface area contributed by atoms with Gasteiger partial charge in [-0.1, -0.05) is 0 Å². The smallest absolute Gasteiger partial charge is 0.265 e. The van der Waals surface area contributed by atoms with Crippen LogP contribution in [0.25, 0.3) is 0 Å². The molecular formula is C14H17FN2O2. The topological polar surface area (TPSA) is 50.4 Å². The molecule has 5 heteroatoms. The first-order valence-electron chi connectivity index (χ1n) is 6.67. The van der Waals surface area contributed by atoms with Gasteiger partial charge in [0.2, 0.25) is 0 Å². The van der Waals surface area contributed by atoms with Crippen LogP contribution in [-0.2, 0) is 4.79 Å². The molecule has 1 aromatic rings. The summed E-state index contributed by atoms with van der Waals surface area (Å²) in [6.45, 7) is 3.47. The summed E-state index contributed by atoms with van der Waals surface area (Å²) in [5, 5.41) is 6.01. The molecule has 0 saturated carbocycles. The fourth-order valence-corrected chi connectivity index (χ4v) is 2.66. The van der Waals surface area contributed by atoms with Gasteiger partial charge in [0.15, 0.2) is 17.7 Å². The van der Waals surface area contributed by atoms with E-state index in [0.29, 0.717) is 11.6 Å². The van der Waals surface area contributed by atoms with Crippen molar-refractivity contribution in [3.05, 3.63) is 23.5 Å². The zero-order chi connectivity index (χ0) is 13.4. The third kappa shape index (κ3) is 2.30. The molecule has 0 aromatic heterocycles. The van der Waals surface area contributed by atoms with Crippen molar-refractivity contribution in [1.29, 1.82) is 0 Å². The fraction of sp³-hybridized carbons (Fsp3) is 0.500. The van der Waals surface area contributed by atoms with E-state index in [4.69, 9.17) is 4.74 Å². The monoisotopic (exact) mass is 264 g/mol. The number of hydrogen-bond donors (Lipinski definition) is 2. The Kier molecular flexibility index (Phi) is 3.14. The van der Waals surface area contributed by atoms with Gasteiger partial charge in [-0.15, -0.1) is 0 Å². The molecule has 1 aromatic carbocycles. The molecule has 1 saturated heterocycles. The molecule has 2 aliphatic heterocycles. The first kappa shape index (κ1) is 12.4. The molecule has 2 atom stereocenters. The maximum Gasteiger partial charge on any atom is 0.265 e. The number of halogens is 1. The zero-order valence-corrected chi connectivity index (χ0v) is 10.8. The Labute approximate surface area is 111 Å². The summed E-state index contributed by atoms with van der Waals surface area (Å²) >= 11 is 0. The van der Waals surface area contributed by atoms with Gasteiger partial charge in [-0.3, -0.25) is 4.79 Å². The van der Waals surface area contributed by atoms with Crippen LogP contribution in [-0.4, -0.2) is 25.1 Å². The van der Waals surface area contributed by atoms with Crippen LogP contribution in [0.5, 0.6) is 5.75 Å². The van der Waals surface area contributed by atoms with Gasteiger partial charge in [0, 0.05) is 6.54 Å². The van der Waals surface area contributed by atoms with Gasteiger partial charge < -0.3 is 15.4 Å². The van der Waals surface area contributed by atoms with E-state index in [1.165, 1.54) is 6.07 Å². The van der Waals surface area contributed by atoms with Gasteiger partial charge in [0.25, 0.3) is 5.91 Å². The largest absolute Gasteiger partial charge is 0.476 e. The van der Waals surface area contributed by atoms with Crippen LogP contribution in [0.2, 0.25) is 0 Å². The van der Waals surface area contributed by atoms with E-state index in [0.717, 1.165) is 31.5 Å². The molecule has 1 fully saturated rings. The first-order chi connectivity index (χ1) is 9.15. The van der Waals surface area contributed by atoms with E-state index < -0.39 is 11.9 Å². The lowest BCUT2D eigenvalue weighted by atomic mass is 9.91. The summed E-state index contributed by atoms with van der Waals surface area (Å²) in [5.41, 5.74) is 1.37. The number of ether oxygens (including phenoxy) is 1. The lowest BCUT2D eigenvalue weighted by Gasteiger charge is -2.27. The molecule has 19 heavy (non-hydrogen) atoms. The van der Waals surface area contributed by atoms with Crippen molar-refractivity contribution in [2.24, 2.45) is 0 Å². The Balaban J connectivity index is 1.94. The highest BCUT2D eigenvalue weighted by Crippen LogP contribution is 2.36. The molecular weight excluding hydrogens is 247 g/mol. The maximum absolute atomic E-state index is 14.1. The predicted molar refractivity (Wildman–Crippen MR) is 70.0 cm³/mol. The molecule has 2 heterocycles. The predicted octanol–water partition coefficient (Wildman–Crippen LogP) is 2.01. The van der Waals surface area contributed by atoms with E-state index in [2.05, 4.69) is 10.6 Å². The van der Waals surface area contributed by atoms with Crippen LogP contribution >= 0.6 is 0 Å². The van der Waals surface area contributed by atoms with Gasteiger partial charge in [-0.05, 0) is 49.9 Å². The lowest BCUT2D eigenvalue weighted by Crippen LogP contribution is -2.35. The quantitative estimate of drug-likeness (QED) is 0.816. The minimum Gasteiger partial charge on any atom is -0.476 e. The number of rotatable bonds is 1. The molecule has 0 spiro atoms.